The van der Waals surface area contributed by atoms with Gasteiger partial charge in [0.15, 0.2) is 0 Å². The van der Waals surface area contributed by atoms with Crippen LogP contribution in [-0.4, -0.2) is 38.7 Å². The number of rotatable bonds is 8. The molecule has 114 valence electrons. The lowest BCUT2D eigenvalue weighted by Crippen LogP contribution is -2.38. The zero-order chi connectivity index (χ0) is 15.2. The van der Waals surface area contributed by atoms with Gasteiger partial charge in [0.1, 0.15) is 5.75 Å². The molecule has 3 heteroatoms. The Morgan fingerprint density at radius 3 is 2.30 bits per heavy atom. The highest BCUT2D eigenvalue weighted by Crippen LogP contribution is 2.20. The van der Waals surface area contributed by atoms with Crippen LogP contribution in [0.3, 0.4) is 0 Å². The van der Waals surface area contributed by atoms with Crippen LogP contribution in [-0.2, 0) is 0 Å². The normalized spacial score (nSPS) is 13.6. The van der Waals surface area contributed by atoms with E-state index in [4.69, 9.17) is 4.74 Å². The maximum atomic E-state index is 5.47. The van der Waals surface area contributed by atoms with Crippen LogP contribution in [0.25, 0.3) is 0 Å². The number of nitrogens with zero attached hydrogens (tertiary/aromatic N) is 1. The molecule has 0 aliphatic rings. The SMILES string of the molecule is CCOc1ccc(C(C)NCC(C)(C)CN(C)C)cc1. The van der Waals surface area contributed by atoms with Gasteiger partial charge in [0.05, 0.1) is 6.61 Å². The van der Waals surface area contributed by atoms with E-state index in [0.717, 1.165) is 18.8 Å². The van der Waals surface area contributed by atoms with E-state index in [9.17, 15) is 0 Å². The van der Waals surface area contributed by atoms with Gasteiger partial charge in [-0.2, -0.15) is 0 Å². The smallest absolute Gasteiger partial charge is 0.119 e. The lowest BCUT2D eigenvalue weighted by molar-refractivity contribution is 0.227. The van der Waals surface area contributed by atoms with Crippen LogP contribution in [0.4, 0.5) is 0 Å². The molecule has 0 aliphatic heterocycles. The van der Waals surface area contributed by atoms with E-state index >= 15 is 0 Å². The van der Waals surface area contributed by atoms with Crippen molar-refractivity contribution in [3.8, 4) is 5.75 Å². The molecule has 0 saturated heterocycles. The van der Waals surface area contributed by atoms with Gasteiger partial charge in [0.25, 0.3) is 0 Å². The topological polar surface area (TPSA) is 24.5 Å². The number of hydrogen-bond donors (Lipinski definition) is 1. The van der Waals surface area contributed by atoms with Crippen LogP contribution in [0.15, 0.2) is 24.3 Å². The molecular formula is C17H30N2O. The lowest BCUT2D eigenvalue weighted by atomic mass is 9.92. The van der Waals surface area contributed by atoms with Gasteiger partial charge in [-0.05, 0) is 51.1 Å². The zero-order valence-electron chi connectivity index (χ0n) is 13.9. The Bertz CT molecular complexity index is 384. The van der Waals surface area contributed by atoms with Crippen molar-refractivity contribution in [2.24, 2.45) is 5.41 Å². The van der Waals surface area contributed by atoms with Gasteiger partial charge in [-0.1, -0.05) is 26.0 Å². The average molecular weight is 278 g/mol. The van der Waals surface area contributed by atoms with E-state index in [-0.39, 0.29) is 5.41 Å². The van der Waals surface area contributed by atoms with E-state index < -0.39 is 0 Å². The molecule has 0 radical (unpaired) electrons. The minimum absolute atomic E-state index is 0.267. The molecule has 1 unspecified atom stereocenters. The van der Waals surface area contributed by atoms with E-state index in [2.05, 4.69) is 57.2 Å². The van der Waals surface area contributed by atoms with Gasteiger partial charge < -0.3 is 15.0 Å². The summed E-state index contributed by atoms with van der Waals surface area (Å²) in [5.41, 5.74) is 1.57. The first-order valence-electron chi connectivity index (χ1n) is 7.45. The highest BCUT2D eigenvalue weighted by molar-refractivity contribution is 5.28. The number of nitrogens with one attached hydrogen (secondary N) is 1. The van der Waals surface area contributed by atoms with E-state index in [1.54, 1.807) is 0 Å². The standard InChI is InChI=1S/C17H30N2O/c1-7-20-16-10-8-15(9-11-16)14(2)18-12-17(3,4)13-19(5)6/h8-11,14,18H,7,12-13H2,1-6H3. The van der Waals surface area contributed by atoms with Crippen LogP contribution in [0.2, 0.25) is 0 Å². The molecule has 0 fully saturated rings. The second kappa shape index (κ2) is 7.65. The fourth-order valence-electron chi connectivity index (χ4n) is 2.48. The summed E-state index contributed by atoms with van der Waals surface area (Å²) in [5, 5.41) is 3.63. The van der Waals surface area contributed by atoms with Crippen molar-refractivity contribution >= 4 is 0 Å². The van der Waals surface area contributed by atoms with Gasteiger partial charge >= 0.3 is 0 Å². The summed E-state index contributed by atoms with van der Waals surface area (Å²) < 4.78 is 5.47. The fraction of sp³-hybridized carbons (Fsp3) is 0.647. The van der Waals surface area contributed by atoms with Crippen LogP contribution in [0, 0.1) is 5.41 Å². The Balaban J connectivity index is 2.51. The number of ether oxygens (including phenoxy) is 1. The Hall–Kier alpha value is -1.06. The zero-order valence-corrected chi connectivity index (χ0v) is 13.9. The molecule has 0 saturated carbocycles. The average Bonchev–Trinajstić information content (AvgIpc) is 2.36. The predicted molar refractivity (Wildman–Crippen MR) is 86.4 cm³/mol. The van der Waals surface area contributed by atoms with Crippen molar-refractivity contribution in [1.29, 1.82) is 0 Å². The van der Waals surface area contributed by atoms with E-state index in [1.165, 1.54) is 5.56 Å². The molecular weight excluding hydrogens is 248 g/mol. The molecule has 0 heterocycles. The Kier molecular flexibility index (Phi) is 6.50. The molecule has 1 aromatic carbocycles. The van der Waals surface area contributed by atoms with Gasteiger partial charge in [0.2, 0.25) is 0 Å². The Morgan fingerprint density at radius 2 is 1.80 bits per heavy atom. The summed E-state index contributed by atoms with van der Waals surface area (Å²) in [6.45, 7) is 11.6. The summed E-state index contributed by atoms with van der Waals surface area (Å²) in [5.74, 6) is 0.941. The van der Waals surface area contributed by atoms with Gasteiger partial charge in [-0.3, -0.25) is 0 Å². The third-order valence-corrected chi connectivity index (χ3v) is 3.32. The second-order valence-electron chi connectivity index (χ2n) is 6.51. The molecule has 1 atom stereocenters. The van der Waals surface area contributed by atoms with Crippen molar-refractivity contribution in [2.75, 3.05) is 33.8 Å². The summed E-state index contributed by atoms with van der Waals surface area (Å²) in [4.78, 5) is 2.24. The first-order chi connectivity index (χ1) is 9.34. The van der Waals surface area contributed by atoms with Gasteiger partial charge in [-0.25, -0.2) is 0 Å². The highest BCUT2D eigenvalue weighted by Gasteiger charge is 2.19. The molecule has 0 spiro atoms. The maximum absolute atomic E-state index is 5.47. The van der Waals surface area contributed by atoms with Crippen molar-refractivity contribution in [2.45, 2.75) is 33.7 Å². The Labute approximate surface area is 124 Å². The summed E-state index contributed by atoms with van der Waals surface area (Å²) in [6.07, 6.45) is 0. The summed E-state index contributed by atoms with van der Waals surface area (Å²) >= 11 is 0. The van der Waals surface area contributed by atoms with Gasteiger partial charge in [-0.15, -0.1) is 0 Å². The highest BCUT2D eigenvalue weighted by atomic mass is 16.5. The minimum Gasteiger partial charge on any atom is -0.494 e. The second-order valence-corrected chi connectivity index (χ2v) is 6.51. The number of hydrogen-bond acceptors (Lipinski definition) is 3. The molecule has 3 nitrogen and oxygen atoms in total. The third kappa shape index (κ3) is 5.93. The third-order valence-electron chi connectivity index (χ3n) is 3.32. The summed E-state index contributed by atoms with van der Waals surface area (Å²) in [6, 6.07) is 8.72. The molecule has 0 aliphatic carbocycles. The van der Waals surface area contributed by atoms with Crippen molar-refractivity contribution in [3.05, 3.63) is 29.8 Å². The minimum atomic E-state index is 0.267. The van der Waals surface area contributed by atoms with E-state index in [0.29, 0.717) is 12.6 Å². The summed E-state index contributed by atoms with van der Waals surface area (Å²) in [7, 11) is 4.25. The van der Waals surface area contributed by atoms with Crippen molar-refractivity contribution in [3.63, 3.8) is 0 Å². The molecule has 1 rings (SSSR count). The maximum Gasteiger partial charge on any atom is 0.119 e. The molecule has 1 N–H and O–H groups in total. The lowest BCUT2D eigenvalue weighted by Gasteiger charge is -2.30. The molecule has 0 aromatic heterocycles. The molecule has 1 aromatic rings. The van der Waals surface area contributed by atoms with Crippen molar-refractivity contribution < 1.29 is 4.74 Å². The first kappa shape index (κ1) is 17.0. The molecule has 0 bridgehead atoms. The van der Waals surface area contributed by atoms with Crippen LogP contribution >= 0.6 is 0 Å². The first-order valence-corrected chi connectivity index (χ1v) is 7.45. The molecule has 0 amide bonds. The van der Waals surface area contributed by atoms with Crippen LogP contribution < -0.4 is 10.1 Å². The fourth-order valence-corrected chi connectivity index (χ4v) is 2.48. The monoisotopic (exact) mass is 278 g/mol. The van der Waals surface area contributed by atoms with Gasteiger partial charge in [0, 0.05) is 19.1 Å². The van der Waals surface area contributed by atoms with Crippen molar-refractivity contribution in [1.82, 2.24) is 10.2 Å². The quantitative estimate of drug-likeness (QED) is 0.789. The Morgan fingerprint density at radius 1 is 1.20 bits per heavy atom. The molecule has 20 heavy (non-hydrogen) atoms. The largest absolute Gasteiger partial charge is 0.494 e. The predicted octanol–water partition coefficient (Wildman–Crippen LogP) is 3.32. The van der Waals surface area contributed by atoms with E-state index in [1.807, 2.05) is 19.1 Å². The number of benzene rings is 1. The van der Waals surface area contributed by atoms with Crippen LogP contribution in [0.5, 0.6) is 5.75 Å². The van der Waals surface area contributed by atoms with Crippen LogP contribution in [0.1, 0.15) is 39.3 Å².